The molecule has 1 amide bonds. The van der Waals surface area contributed by atoms with Gasteiger partial charge in [0, 0.05) is 23.6 Å². The molecule has 0 fully saturated rings. The summed E-state index contributed by atoms with van der Waals surface area (Å²) in [5.41, 5.74) is 0.598. The molecule has 1 atom stereocenters. The van der Waals surface area contributed by atoms with Crippen molar-refractivity contribution in [3.63, 3.8) is 0 Å². The summed E-state index contributed by atoms with van der Waals surface area (Å²) < 4.78 is 38.6. The maximum absolute atomic E-state index is 12.9. The Morgan fingerprint density at radius 1 is 1.00 bits per heavy atom. The zero-order valence-corrected chi connectivity index (χ0v) is 14.9. The lowest BCUT2D eigenvalue weighted by Gasteiger charge is -2.16. The van der Waals surface area contributed by atoms with E-state index in [1.807, 2.05) is 0 Å². The van der Waals surface area contributed by atoms with Crippen molar-refractivity contribution < 1.29 is 18.0 Å². The summed E-state index contributed by atoms with van der Waals surface area (Å²) >= 11 is 0. The molecule has 0 spiro atoms. The number of benzene rings is 2. The van der Waals surface area contributed by atoms with Crippen LogP contribution in [0.2, 0.25) is 0 Å². The standard InChI is InChI=1S/C20H17F3N4O/c1-13(14-5-2-7-16(11-14)20(21,22)23)26-18(28)15-6-3-8-17(12-15)27-19-24-9-4-10-25-19/h2-13H,1H3,(H,26,28)(H,24,25,27)/t13-/m0/s1. The van der Waals surface area contributed by atoms with Gasteiger partial charge in [-0.3, -0.25) is 4.79 Å². The first kappa shape index (κ1) is 19.3. The molecule has 0 saturated heterocycles. The van der Waals surface area contributed by atoms with E-state index in [0.29, 0.717) is 22.8 Å². The monoisotopic (exact) mass is 386 g/mol. The Morgan fingerprint density at radius 2 is 1.71 bits per heavy atom. The van der Waals surface area contributed by atoms with Crippen molar-refractivity contribution in [2.75, 3.05) is 5.32 Å². The van der Waals surface area contributed by atoms with Crippen LogP contribution in [-0.4, -0.2) is 15.9 Å². The molecule has 2 aromatic carbocycles. The van der Waals surface area contributed by atoms with Crippen LogP contribution in [0.5, 0.6) is 0 Å². The highest BCUT2D eigenvalue weighted by Gasteiger charge is 2.30. The van der Waals surface area contributed by atoms with E-state index in [0.717, 1.165) is 12.1 Å². The van der Waals surface area contributed by atoms with Gasteiger partial charge in [0.05, 0.1) is 11.6 Å². The van der Waals surface area contributed by atoms with Gasteiger partial charge in [0.15, 0.2) is 0 Å². The molecule has 0 saturated carbocycles. The summed E-state index contributed by atoms with van der Waals surface area (Å²) in [5.74, 6) is -0.0140. The molecule has 0 bridgehead atoms. The van der Waals surface area contributed by atoms with Crippen LogP contribution in [0.25, 0.3) is 0 Å². The van der Waals surface area contributed by atoms with Crippen LogP contribution in [0.3, 0.4) is 0 Å². The maximum atomic E-state index is 12.9. The number of carbonyl (C=O) groups is 1. The van der Waals surface area contributed by atoms with E-state index < -0.39 is 23.7 Å². The number of alkyl halides is 3. The van der Waals surface area contributed by atoms with Crippen LogP contribution in [0.15, 0.2) is 67.0 Å². The second kappa shape index (κ2) is 8.08. The smallest absolute Gasteiger partial charge is 0.346 e. The number of halogens is 3. The van der Waals surface area contributed by atoms with Crippen LogP contribution < -0.4 is 10.6 Å². The molecule has 0 aliphatic rings. The van der Waals surface area contributed by atoms with Gasteiger partial charge < -0.3 is 10.6 Å². The summed E-state index contributed by atoms with van der Waals surface area (Å²) in [6.07, 6.45) is -1.26. The summed E-state index contributed by atoms with van der Waals surface area (Å²) in [4.78, 5) is 20.6. The van der Waals surface area contributed by atoms with E-state index in [1.165, 1.54) is 6.07 Å². The largest absolute Gasteiger partial charge is 0.416 e. The molecule has 1 aromatic heterocycles. The summed E-state index contributed by atoms with van der Waals surface area (Å²) in [6.45, 7) is 1.63. The van der Waals surface area contributed by atoms with Gasteiger partial charge in [-0.2, -0.15) is 13.2 Å². The average molecular weight is 386 g/mol. The summed E-state index contributed by atoms with van der Waals surface area (Å²) in [7, 11) is 0. The van der Waals surface area contributed by atoms with E-state index in [4.69, 9.17) is 0 Å². The van der Waals surface area contributed by atoms with Crippen molar-refractivity contribution in [1.29, 1.82) is 0 Å². The average Bonchev–Trinajstić information content (AvgIpc) is 2.68. The minimum absolute atomic E-state index is 0.361. The molecule has 2 N–H and O–H groups in total. The normalized spacial score (nSPS) is 12.3. The third kappa shape index (κ3) is 4.85. The molecule has 3 rings (SSSR count). The number of amides is 1. The molecule has 0 unspecified atom stereocenters. The van der Waals surface area contributed by atoms with E-state index in [-0.39, 0.29) is 0 Å². The molecule has 0 aliphatic carbocycles. The molecule has 1 heterocycles. The van der Waals surface area contributed by atoms with Crippen molar-refractivity contribution in [2.45, 2.75) is 19.1 Å². The predicted octanol–water partition coefficient (Wildman–Crippen LogP) is 4.73. The Morgan fingerprint density at radius 3 is 2.43 bits per heavy atom. The Balaban J connectivity index is 1.72. The lowest BCUT2D eigenvalue weighted by atomic mass is 10.0. The highest BCUT2D eigenvalue weighted by atomic mass is 19.4. The number of nitrogens with zero attached hydrogens (tertiary/aromatic N) is 2. The minimum Gasteiger partial charge on any atom is -0.346 e. The number of carbonyl (C=O) groups excluding carboxylic acids is 1. The molecular formula is C20H17F3N4O. The highest BCUT2D eigenvalue weighted by molar-refractivity contribution is 5.95. The molecule has 28 heavy (non-hydrogen) atoms. The fraction of sp³-hybridized carbons (Fsp3) is 0.150. The van der Waals surface area contributed by atoms with Gasteiger partial charge in [-0.25, -0.2) is 9.97 Å². The second-order valence-corrected chi connectivity index (χ2v) is 6.10. The molecule has 0 radical (unpaired) electrons. The van der Waals surface area contributed by atoms with E-state index in [2.05, 4.69) is 20.6 Å². The Labute approximate surface area is 159 Å². The third-order valence-corrected chi connectivity index (χ3v) is 4.01. The highest BCUT2D eigenvalue weighted by Crippen LogP contribution is 2.30. The van der Waals surface area contributed by atoms with Crippen molar-refractivity contribution in [2.24, 2.45) is 0 Å². The Hall–Kier alpha value is -3.42. The predicted molar refractivity (Wildman–Crippen MR) is 99.1 cm³/mol. The number of hydrogen-bond donors (Lipinski definition) is 2. The van der Waals surface area contributed by atoms with Crippen LogP contribution in [0.1, 0.15) is 34.5 Å². The third-order valence-electron chi connectivity index (χ3n) is 4.01. The first-order valence-corrected chi connectivity index (χ1v) is 8.45. The van der Waals surface area contributed by atoms with Gasteiger partial charge in [0.1, 0.15) is 0 Å². The van der Waals surface area contributed by atoms with Crippen LogP contribution in [0, 0.1) is 0 Å². The number of rotatable bonds is 5. The van der Waals surface area contributed by atoms with Gasteiger partial charge >= 0.3 is 6.18 Å². The van der Waals surface area contributed by atoms with Crippen LogP contribution in [0.4, 0.5) is 24.8 Å². The molecule has 0 aliphatic heterocycles. The van der Waals surface area contributed by atoms with Gasteiger partial charge in [-0.15, -0.1) is 0 Å². The molecule has 3 aromatic rings. The first-order chi connectivity index (χ1) is 13.3. The molecule has 8 heteroatoms. The number of anilines is 2. The second-order valence-electron chi connectivity index (χ2n) is 6.10. The fourth-order valence-electron chi connectivity index (χ4n) is 2.58. The van der Waals surface area contributed by atoms with Crippen molar-refractivity contribution >= 4 is 17.5 Å². The maximum Gasteiger partial charge on any atom is 0.416 e. The zero-order valence-electron chi connectivity index (χ0n) is 14.9. The summed E-state index contributed by atoms with van der Waals surface area (Å²) in [5, 5.41) is 5.70. The molecular weight excluding hydrogens is 369 g/mol. The number of nitrogens with one attached hydrogen (secondary N) is 2. The van der Waals surface area contributed by atoms with Crippen molar-refractivity contribution in [1.82, 2.24) is 15.3 Å². The molecule has 5 nitrogen and oxygen atoms in total. The van der Waals surface area contributed by atoms with Gasteiger partial charge in [-0.05, 0) is 48.9 Å². The van der Waals surface area contributed by atoms with Gasteiger partial charge in [-0.1, -0.05) is 18.2 Å². The minimum atomic E-state index is -4.43. The number of aromatic nitrogens is 2. The van der Waals surface area contributed by atoms with Gasteiger partial charge in [0.25, 0.3) is 5.91 Å². The van der Waals surface area contributed by atoms with Gasteiger partial charge in [0.2, 0.25) is 5.95 Å². The van der Waals surface area contributed by atoms with E-state index >= 15 is 0 Å². The van der Waals surface area contributed by atoms with Crippen LogP contribution >= 0.6 is 0 Å². The zero-order chi connectivity index (χ0) is 20.1. The fourth-order valence-corrected chi connectivity index (χ4v) is 2.58. The lowest BCUT2D eigenvalue weighted by molar-refractivity contribution is -0.137. The topological polar surface area (TPSA) is 66.9 Å². The van der Waals surface area contributed by atoms with E-state index in [9.17, 15) is 18.0 Å². The Kier molecular flexibility index (Phi) is 5.58. The number of hydrogen-bond acceptors (Lipinski definition) is 4. The SMILES string of the molecule is C[C@H](NC(=O)c1cccc(Nc2ncccn2)c1)c1cccc(C(F)(F)F)c1. The van der Waals surface area contributed by atoms with E-state index in [1.54, 1.807) is 55.7 Å². The summed E-state index contributed by atoms with van der Waals surface area (Å²) in [6, 6.07) is 12.7. The van der Waals surface area contributed by atoms with Crippen molar-refractivity contribution in [3.8, 4) is 0 Å². The lowest BCUT2D eigenvalue weighted by Crippen LogP contribution is -2.26. The quantitative estimate of drug-likeness (QED) is 0.665. The van der Waals surface area contributed by atoms with Crippen molar-refractivity contribution in [3.05, 3.63) is 83.7 Å². The first-order valence-electron chi connectivity index (χ1n) is 8.45. The Bertz CT molecular complexity index is 961. The van der Waals surface area contributed by atoms with Crippen LogP contribution in [-0.2, 0) is 6.18 Å². The molecule has 144 valence electrons.